The van der Waals surface area contributed by atoms with Crippen LogP contribution >= 0.6 is 15.9 Å². The predicted octanol–water partition coefficient (Wildman–Crippen LogP) is 3.59. The van der Waals surface area contributed by atoms with Crippen LogP contribution < -0.4 is 10.1 Å². The van der Waals surface area contributed by atoms with Gasteiger partial charge in [-0.1, -0.05) is 15.9 Å². The van der Waals surface area contributed by atoms with E-state index in [0.29, 0.717) is 0 Å². The number of methoxy groups -OCH3 is 1. The van der Waals surface area contributed by atoms with Crippen molar-refractivity contribution < 1.29 is 4.74 Å². The Morgan fingerprint density at radius 3 is 2.68 bits per heavy atom. The highest BCUT2D eigenvalue weighted by Crippen LogP contribution is 2.65. The van der Waals surface area contributed by atoms with Gasteiger partial charge in [0.05, 0.1) is 7.11 Å². The third-order valence-corrected chi connectivity index (χ3v) is 6.00. The van der Waals surface area contributed by atoms with Crippen molar-refractivity contribution in [1.82, 2.24) is 5.32 Å². The molecule has 1 aromatic rings. The highest BCUT2D eigenvalue weighted by Gasteiger charge is 2.64. The molecule has 1 aromatic carbocycles. The van der Waals surface area contributed by atoms with Gasteiger partial charge in [-0.2, -0.15) is 0 Å². The lowest BCUT2D eigenvalue weighted by Gasteiger charge is -2.13. The molecule has 0 radical (unpaired) electrons. The maximum absolute atomic E-state index is 5.44. The smallest absolute Gasteiger partial charge is 0.123 e. The Kier molecular flexibility index (Phi) is 2.89. The van der Waals surface area contributed by atoms with Crippen LogP contribution in [0.25, 0.3) is 0 Å². The molecule has 0 heterocycles. The summed E-state index contributed by atoms with van der Waals surface area (Å²) in [5.41, 5.74) is 1.26. The minimum atomic E-state index is 0.787. The molecule has 4 unspecified atom stereocenters. The minimum absolute atomic E-state index is 0.787. The van der Waals surface area contributed by atoms with E-state index in [1.165, 1.54) is 24.8 Å². The van der Waals surface area contributed by atoms with Crippen LogP contribution in [0.15, 0.2) is 22.7 Å². The van der Waals surface area contributed by atoms with E-state index in [1.54, 1.807) is 7.11 Å². The molecule has 2 bridgehead atoms. The maximum atomic E-state index is 5.44. The number of nitrogens with one attached hydrogen (secondary N) is 1. The highest BCUT2D eigenvalue weighted by molar-refractivity contribution is 9.10. The monoisotopic (exact) mass is 321 g/mol. The van der Waals surface area contributed by atoms with Crippen LogP contribution in [0.3, 0.4) is 0 Å². The normalized spacial score (nSPS) is 38.3. The Morgan fingerprint density at radius 2 is 2.00 bits per heavy atom. The fourth-order valence-electron chi connectivity index (χ4n) is 4.71. The van der Waals surface area contributed by atoms with Crippen LogP contribution in [0.1, 0.15) is 24.8 Å². The number of ether oxygens (including phenoxy) is 1. The van der Waals surface area contributed by atoms with E-state index < -0.39 is 0 Å². The van der Waals surface area contributed by atoms with Crippen molar-refractivity contribution in [3.05, 3.63) is 28.2 Å². The van der Waals surface area contributed by atoms with E-state index in [2.05, 4.69) is 27.3 Å². The quantitative estimate of drug-likeness (QED) is 0.915. The molecule has 3 saturated carbocycles. The Labute approximate surface area is 123 Å². The molecular weight excluding hydrogens is 302 g/mol. The van der Waals surface area contributed by atoms with E-state index in [0.717, 1.165) is 46.5 Å². The number of rotatable bonds is 4. The summed E-state index contributed by atoms with van der Waals surface area (Å²) in [7, 11) is 1.75. The topological polar surface area (TPSA) is 21.3 Å². The third-order valence-electron chi connectivity index (χ3n) is 5.51. The van der Waals surface area contributed by atoms with E-state index in [4.69, 9.17) is 4.74 Å². The van der Waals surface area contributed by atoms with Crippen LogP contribution in [0.2, 0.25) is 0 Å². The Hall–Kier alpha value is -0.540. The van der Waals surface area contributed by atoms with Crippen LogP contribution in [0.4, 0.5) is 0 Å². The van der Waals surface area contributed by atoms with E-state index in [1.807, 2.05) is 12.1 Å². The van der Waals surface area contributed by atoms with Crippen molar-refractivity contribution >= 4 is 15.9 Å². The molecule has 0 spiro atoms. The first-order valence-corrected chi connectivity index (χ1v) is 8.13. The van der Waals surface area contributed by atoms with E-state index in [9.17, 15) is 0 Å². The lowest BCUT2D eigenvalue weighted by atomic mass is 10.0. The van der Waals surface area contributed by atoms with Gasteiger partial charge in [0.15, 0.2) is 0 Å². The molecule has 3 fully saturated rings. The number of fused-ring (bicyclic) bond motifs is 5. The molecule has 3 aliphatic rings. The molecule has 2 nitrogen and oxygen atoms in total. The molecule has 1 N–H and O–H groups in total. The summed E-state index contributed by atoms with van der Waals surface area (Å²) in [5.74, 6) is 5.06. The lowest BCUT2D eigenvalue weighted by molar-refractivity contribution is 0.404. The summed E-state index contributed by atoms with van der Waals surface area (Å²) >= 11 is 3.54. The summed E-state index contributed by atoms with van der Waals surface area (Å²) in [6.07, 6.45) is 4.50. The molecule has 19 heavy (non-hydrogen) atoms. The Bertz CT molecular complexity index is 488. The van der Waals surface area contributed by atoms with Crippen LogP contribution in [0.5, 0.6) is 5.75 Å². The zero-order chi connectivity index (χ0) is 13.0. The van der Waals surface area contributed by atoms with Gasteiger partial charge >= 0.3 is 0 Å². The van der Waals surface area contributed by atoms with Crippen LogP contribution in [0, 0.1) is 23.7 Å². The van der Waals surface area contributed by atoms with Crippen molar-refractivity contribution in [3.63, 3.8) is 0 Å². The van der Waals surface area contributed by atoms with Gasteiger partial charge in [0.25, 0.3) is 0 Å². The van der Waals surface area contributed by atoms with Gasteiger partial charge in [0.1, 0.15) is 5.75 Å². The van der Waals surface area contributed by atoms with Crippen molar-refractivity contribution in [3.8, 4) is 5.75 Å². The van der Waals surface area contributed by atoms with Gasteiger partial charge in [0.2, 0.25) is 0 Å². The van der Waals surface area contributed by atoms with Gasteiger partial charge < -0.3 is 10.1 Å². The first-order valence-electron chi connectivity index (χ1n) is 7.33. The van der Waals surface area contributed by atoms with Crippen molar-refractivity contribution in [1.29, 1.82) is 0 Å². The summed E-state index contributed by atoms with van der Waals surface area (Å²) < 4.78 is 6.57. The van der Waals surface area contributed by atoms with Crippen molar-refractivity contribution in [2.75, 3.05) is 7.11 Å². The molecule has 0 aliphatic heterocycles. The summed E-state index contributed by atoms with van der Waals surface area (Å²) in [6, 6.07) is 7.03. The lowest BCUT2D eigenvalue weighted by Crippen LogP contribution is -2.22. The number of benzene rings is 1. The Morgan fingerprint density at radius 1 is 1.26 bits per heavy atom. The predicted molar refractivity (Wildman–Crippen MR) is 79.1 cm³/mol. The second-order valence-electron chi connectivity index (χ2n) is 6.35. The van der Waals surface area contributed by atoms with Gasteiger partial charge in [-0.3, -0.25) is 0 Å². The van der Waals surface area contributed by atoms with Gasteiger partial charge in [0, 0.05) is 22.6 Å². The molecule has 0 amide bonds. The molecule has 3 aliphatic carbocycles. The molecule has 4 atom stereocenters. The zero-order valence-electron chi connectivity index (χ0n) is 11.2. The fourth-order valence-corrected chi connectivity index (χ4v) is 5.12. The van der Waals surface area contributed by atoms with Crippen molar-refractivity contribution in [2.24, 2.45) is 23.7 Å². The second-order valence-corrected chi connectivity index (χ2v) is 7.27. The summed E-state index contributed by atoms with van der Waals surface area (Å²) in [5, 5.41) is 3.78. The largest absolute Gasteiger partial charge is 0.496 e. The Balaban J connectivity index is 1.42. The summed E-state index contributed by atoms with van der Waals surface area (Å²) in [4.78, 5) is 0. The SMILES string of the molecule is COc1ccc(Br)cc1CNC1C2C3CCC(C3)C12. The van der Waals surface area contributed by atoms with Crippen molar-refractivity contribution in [2.45, 2.75) is 31.8 Å². The first kappa shape index (κ1) is 12.2. The van der Waals surface area contributed by atoms with Crippen LogP contribution in [-0.2, 0) is 6.54 Å². The molecule has 0 aromatic heterocycles. The van der Waals surface area contributed by atoms with Crippen LogP contribution in [-0.4, -0.2) is 13.2 Å². The first-order chi connectivity index (χ1) is 9.28. The fraction of sp³-hybridized carbons (Fsp3) is 0.625. The van der Waals surface area contributed by atoms with E-state index in [-0.39, 0.29) is 0 Å². The minimum Gasteiger partial charge on any atom is -0.496 e. The molecule has 102 valence electrons. The number of hydrogen-bond acceptors (Lipinski definition) is 2. The standard InChI is InChI=1S/C16H20BrNO/c1-19-13-5-4-12(17)7-11(13)8-18-16-14-9-2-3-10(6-9)15(14)16/h4-5,7,9-10,14-16,18H,2-3,6,8H2,1H3. The highest BCUT2D eigenvalue weighted by atomic mass is 79.9. The van der Waals surface area contributed by atoms with E-state index >= 15 is 0 Å². The average molecular weight is 322 g/mol. The molecule has 3 heteroatoms. The van der Waals surface area contributed by atoms with Gasteiger partial charge in [-0.15, -0.1) is 0 Å². The number of halogens is 1. The zero-order valence-corrected chi connectivity index (χ0v) is 12.8. The molecule has 0 saturated heterocycles. The number of hydrogen-bond donors (Lipinski definition) is 1. The third kappa shape index (κ3) is 1.93. The maximum Gasteiger partial charge on any atom is 0.123 e. The van der Waals surface area contributed by atoms with Gasteiger partial charge in [-0.25, -0.2) is 0 Å². The second kappa shape index (κ2) is 4.49. The molecular formula is C16H20BrNO. The summed E-state index contributed by atoms with van der Waals surface area (Å²) in [6.45, 7) is 0.930. The van der Waals surface area contributed by atoms with Gasteiger partial charge in [-0.05, 0) is 61.1 Å². The average Bonchev–Trinajstić information content (AvgIpc) is 2.80. The molecule has 4 rings (SSSR count).